The van der Waals surface area contributed by atoms with Crippen molar-refractivity contribution >= 4 is 17.8 Å². The molecule has 1 amide bonds. The lowest BCUT2D eigenvalue weighted by Crippen LogP contribution is -2.27. The van der Waals surface area contributed by atoms with Crippen molar-refractivity contribution < 1.29 is 4.79 Å². The Balaban J connectivity index is 1.42. The monoisotopic (exact) mass is 309 g/mol. The van der Waals surface area contributed by atoms with E-state index in [1.807, 2.05) is 17.2 Å². The second-order valence-electron chi connectivity index (χ2n) is 7.02. The molecule has 1 aromatic rings. The molecule has 2 aliphatic heterocycles. The maximum absolute atomic E-state index is 12.4. The summed E-state index contributed by atoms with van der Waals surface area (Å²) in [5.41, 5.74) is 3.74. The van der Waals surface area contributed by atoms with E-state index < -0.39 is 0 Å². The Hall–Kier alpha value is -2.10. The van der Waals surface area contributed by atoms with Crippen LogP contribution in [0.4, 0.5) is 5.82 Å². The second-order valence-corrected chi connectivity index (χ2v) is 7.02. The first-order valence-electron chi connectivity index (χ1n) is 8.56. The van der Waals surface area contributed by atoms with Gasteiger partial charge in [-0.25, -0.2) is 4.98 Å². The van der Waals surface area contributed by atoms with Gasteiger partial charge in [-0.3, -0.25) is 4.79 Å². The van der Waals surface area contributed by atoms with Gasteiger partial charge in [0.2, 0.25) is 5.91 Å². The van der Waals surface area contributed by atoms with E-state index in [4.69, 9.17) is 0 Å². The van der Waals surface area contributed by atoms with Crippen LogP contribution in [0.25, 0.3) is 6.08 Å². The summed E-state index contributed by atoms with van der Waals surface area (Å²) in [6.07, 6.45) is 11.2. The Morgan fingerprint density at radius 1 is 1.43 bits per heavy atom. The van der Waals surface area contributed by atoms with Crippen LogP contribution in [-0.2, 0) is 11.2 Å². The van der Waals surface area contributed by atoms with Gasteiger partial charge in [-0.1, -0.05) is 11.6 Å². The van der Waals surface area contributed by atoms with E-state index in [0.717, 1.165) is 50.3 Å². The number of amides is 1. The van der Waals surface area contributed by atoms with E-state index in [-0.39, 0.29) is 5.91 Å². The maximum Gasteiger partial charge on any atom is 0.246 e. The maximum atomic E-state index is 12.4. The van der Waals surface area contributed by atoms with Crippen molar-refractivity contribution in [1.82, 2.24) is 9.88 Å². The van der Waals surface area contributed by atoms with E-state index in [2.05, 4.69) is 29.4 Å². The fourth-order valence-electron chi connectivity index (χ4n) is 4.06. The van der Waals surface area contributed by atoms with E-state index in [1.165, 1.54) is 11.1 Å². The number of aryl methyl sites for hydroxylation is 1. The highest BCUT2D eigenvalue weighted by Gasteiger charge is 2.36. The molecule has 1 aromatic heterocycles. The van der Waals surface area contributed by atoms with Crippen molar-refractivity contribution in [2.45, 2.75) is 26.2 Å². The van der Waals surface area contributed by atoms with Gasteiger partial charge < -0.3 is 10.2 Å². The molecule has 0 radical (unpaired) electrons. The molecule has 4 heteroatoms. The molecule has 1 aliphatic carbocycles. The normalized spacial score (nSPS) is 26.0. The Morgan fingerprint density at radius 2 is 2.35 bits per heavy atom. The SMILES string of the molecule is CC1=CC2CN(C(=O)/C=C/c3cnc4c(c3)CCCN4)CC2C1. The van der Waals surface area contributed by atoms with Gasteiger partial charge in [0.1, 0.15) is 5.82 Å². The smallest absolute Gasteiger partial charge is 0.246 e. The standard InChI is InChI=1S/C19H23N3O/c1-13-7-16-11-22(12-17(16)8-13)18(23)5-4-14-9-15-3-2-6-20-19(15)21-10-14/h4-5,7,9-10,16-17H,2-3,6,8,11-12H2,1H3,(H,20,21)/b5-4+. The highest BCUT2D eigenvalue weighted by molar-refractivity contribution is 5.92. The number of hydrogen-bond acceptors (Lipinski definition) is 3. The number of carbonyl (C=O) groups is 1. The minimum Gasteiger partial charge on any atom is -0.370 e. The molecule has 1 fully saturated rings. The molecule has 120 valence electrons. The van der Waals surface area contributed by atoms with Crippen LogP contribution in [0.2, 0.25) is 0 Å². The summed E-state index contributed by atoms with van der Waals surface area (Å²) in [6, 6.07) is 2.14. The Morgan fingerprint density at radius 3 is 3.22 bits per heavy atom. The molecule has 4 rings (SSSR count). The fraction of sp³-hybridized carbons (Fsp3) is 0.474. The molecule has 0 saturated carbocycles. The molecule has 3 heterocycles. The van der Waals surface area contributed by atoms with Crippen molar-refractivity contribution in [2.24, 2.45) is 11.8 Å². The molecule has 1 saturated heterocycles. The number of rotatable bonds is 2. The Labute approximate surface area is 137 Å². The predicted octanol–water partition coefficient (Wildman–Crippen LogP) is 2.88. The third kappa shape index (κ3) is 2.90. The van der Waals surface area contributed by atoms with Gasteiger partial charge in [-0.15, -0.1) is 0 Å². The van der Waals surface area contributed by atoms with Crippen LogP contribution in [0.3, 0.4) is 0 Å². The van der Waals surface area contributed by atoms with E-state index in [9.17, 15) is 4.79 Å². The van der Waals surface area contributed by atoms with Crippen LogP contribution in [-0.4, -0.2) is 35.4 Å². The van der Waals surface area contributed by atoms with Gasteiger partial charge in [0, 0.05) is 31.9 Å². The first-order chi connectivity index (χ1) is 11.2. The number of likely N-dealkylation sites (tertiary alicyclic amines) is 1. The lowest BCUT2D eigenvalue weighted by atomic mass is 10.00. The van der Waals surface area contributed by atoms with Crippen LogP contribution >= 0.6 is 0 Å². The minimum atomic E-state index is 0.126. The number of nitrogens with one attached hydrogen (secondary N) is 1. The van der Waals surface area contributed by atoms with E-state index in [1.54, 1.807) is 6.08 Å². The molecular weight excluding hydrogens is 286 g/mol. The zero-order valence-electron chi connectivity index (χ0n) is 13.6. The molecule has 4 nitrogen and oxygen atoms in total. The van der Waals surface area contributed by atoms with Crippen LogP contribution < -0.4 is 5.32 Å². The van der Waals surface area contributed by atoms with Gasteiger partial charge in [0.05, 0.1) is 0 Å². The third-order valence-corrected chi connectivity index (χ3v) is 5.21. The van der Waals surface area contributed by atoms with Gasteiger partial charge in [0.15, 0.2) is 0 Å². The van der Waals surface area contributed by atoms with Crippen molar-refractivity contribution in [1.29, 1.82) is 0 Å². The molecule has 0 aromatic carbocycles. The average molecular weight is 309 g/mol. The molecule has 0 bridgehead atoms. The summed E-state index contributed by atoms with van der Waals surface area (Å²) in [7, 11) is 0. The largest absolute Gasteiger partial charge is 0.370 e. The fourth-order valence-corrected chi connectivity index (χ4v) is 4.06. The van der Waals surface area contributed by atoms with Crippen molar-refractivity contribution in [2.75, 3.05) is 25.0 Å². The van der Waals surface area contributed by atoms with Gasteiger partial charge in [-0.05, 0) is 61.3 Å². The van der Waals surface area contributed by atoms with Crippen molar-refractivity contribution in [3.8, 4) is 0 Å². The average Bonchev–Trinajstić information content (AvgIpc) is 3.09. The first-order valence-corrected chi connectivity index (χ1v) is 8.56. The van der Waals surface area contributed by atoms with Crippen molar-refractivity contribution in [3.63, 3.8) is 0 Å². The van der Waals surface area contributed by atoms with E-state index >= 15 is 0 Å². The number of anilines is 1. The molecule has 2 atom stereocenters. The second kappa shape index (κ2) is 5.84. The lowest BCUT2D eigenvalue weighted by molar-refractivity contribution is -0.125. The van der Waals surface area contributed by atoms with Crippen LogP contribution in [0.5, 0.6) is 0 Å². The zero-order valence-corrected chi connectivity index (χ0v) is 13.6. The van der Waals surface area contributed by atoms with Crippen molar-refractivity contribution in [3.05, 3.63) is 41.1 Å². The molecule has 23 heavy (non-hydrogen) atoms. The minimum absolute atomic E-state index is 0.126. The lowest BCUT2D eigenvalue weighted by Gasteiger charge is -2.17. The summed E-state index contributed by atoms with van der Waals surface area (Å²) < 4.78 is 0. The number of carbonyl (C=O) groups excluding carboxylic acids is 1. The number of hydrogen-bond donors (Lipinski definition) is 1. The third-order valence-electron chi connectivity index (χ3n) is 5.21. The number of allylic oxidation sites excluding steroid dienone is 1. The number of aromatic nitrogens is 1. The van der Waals surface area contributed by atoms with Gasteiger partial charge in [-0.2, -0.15) is 0 Å². The zero-order chi connectivity index (χ0) is 15.8. The molecule has 2 unspecified atom stereocenters. The summed E-state index contributed by atoms with van der Waals surface area (Å²) >= 11 is 0. The van der Waals surface area contributed by atoms with Crippen LogP contribution in [0.1, 0.15) is 30.9 Å². The highest BCUT2D eigenvalue weighted by atomic mass is 16.2. The first kappa shape index (κ1) is 14.5. The molecule has 1 N–H and O–H groups in total. The Kier molecular flexibility index (Phi) is 3.68. The predicted molar refractivity (Wildman–Crippen MR) is 92.0 cm³/mol. The Bertz CT molecular complexity index is 692. The molecule has 3 aliphatic rings. The van der Waals surface area contributed by atoms with Gasteiger partial charge >= 0.3 is 0 Å². The summed E-state index contributed by atoms with van der Waals surface area (Å²) in [4.78, 5) is 18.8. The number of fused-ring (bicyclic) bond motifs is 2. The topological polar surface area (TPSA) is 45.2 Å². The van der Waals surface area contributed by atoms with Crippen LogP contribution in [0, 0.1) is 11.8 Å². The van der Waals surface area contributed by atoms with Crippen LogP contribution in [0.15, 0.2) is 30.0 Å². The molecule has 0 spiro atoms. The van der Waals surface area contributed by atoms with Gasteiger partial charge in [0.25, 0.3) is 0 Å². The number of pyridine rings is 1. The molecular formula is C19H23N3O. The highest BCUT2D eigenvalue weighted by Crippen LogP contribution is 2.36. The summed E-state index contributed by atoms with van der Waals surface area (Å²) in [5.74, 6) is 2.34. The number of nitrogens with zero attached hydrogens (tertiary/aromatic N) is 2. The quantitative estimate of drug-likeness (QED) is 0.675. The summed E-state index contributed by atoms with van der Waals surface area (Å²) in [5, 5.41) is 3.31. The van der Waals surface area contributed by atoms with E-state index in [0.29, 0.717) is 11.8 Å². The summed E-state index contributed by atoms with van der Waals surface area (Å²) in [6.45, 7) is 4.97.